The highest BCUT2D eigenvalue weighted by Gasteiger charge is 2.34. The van der Waals surface area contributed by atoms with Crippen LogP contribution in [0, 0.1) is 22.7 Å². The summed E-state index contributed by atoms with van der Waals surface area (Å²) in [5, 5.41) is 25.6. The molecule has 1 amide bonds. The van der Waals surface area contributed by atoms with Gasteiger partial charge in [0, 0.05) is 11.3 Å². The van der Waals surface area contributed by atoms with Gasteiger partial charge in [-0.05, 0) is 24.6 Å². The number of hydrogen-bond acceptors (Lipinski definition) is 6. The molecule has 0 bridgehead atoms. The van der Waals surface area contributed by atoms with Crippen molar-refractivity contribution in [2.24, 2.45) is 0 Å². The summed E-state index contributed by atoms with van der Waals surface area (Å²) in [6, 6.07) is 20.9. The zero-order valence-electron chi connectivity index (χ0n) is 16.6. The Hall–Kier alpha value is -3.68. The first-order valence-electron chi connectivity index (χ1n) is 9.21. The number of amides is 1. The summed E-state index contributed by atoms with van der Waals surface area (Å²) < 4.78 is 5.33. The number of benzene rings is 2. The highest BCUT2D eigenvalue weighted by Crippen LogP contribution is 2.41. The number of ether oxygens (including phenoxy) is 1. The Morgan fingerprint density at radius 1 is 1.17 bits per heavy atom. The van der Waals surface area contributed by atoms with Crippen LogP contribution in [0.3, 0.4) is 0 Å². The molecular formula is C23H20N4O2S. The number of nitrogens with one attached hydrogen (secondary N) is 2. The van der Waals surface area contributed by atoms with E-state index in [1.807, 2.05) is 42.5 Å². The summed E-state index contributed by atoms with van der Waals surface area (Å²) in [5.41, 5.74) is 2.87. The number of nitriles is 2. The first-order valence-corrected chi connectivity index (χ1v) is 10.2. The van der Waals surface area contributed by atoms with E-state index in [-0.39, 0.29) is 11.7 Å². The Morgan fingerprint density at radius 3 is 2.53 bits per heavy atom. The minimum absolute atomic E-state index is 0.199. The number of para-hydroxylation sites is 2. The lowest BCUT2D eigenvalue weighted by molar-refractivity contribution is -0.113. The van der Waals surface area contributed by atoms with E-state index in [2.05, 4.69) is 22.8 Å². The summed E-state index contributed by atoms with van der Waals surface area (Å²) in [6.45, 7) is 1.80. The van der Waals surface area contributed by atoms with Crippen molar-refractivity contribution < 1.29 is 9.53 Å². The number of rotatable bonds is 6. The van der Waals surface area contributed by atoms with E-state index >= 15 is 0 Å². The predicted octanol–water partition coefficient (Wildman–Crippen LogP) is 4.29. The van der Waals surface area contributed by atoms with Gasteiger partial charge in [-0.15, -0.1) is 0 Å². The van der Waals surface area contributed by atoms with Gasteiger partial charge in [0.05, 0.1) is 47.2 Å². The second-order valence-electron chi connectivity index (χ2n) is 6.46. The van der Waals surface area contributed by atoms with Crippen LogP contribution in [-0.4, -0.2) is 18.8 Å². The number of dihydropyridines is 1. The lowest BCUT2D eigenvalue weighted by atomic mass is 9.82. The van der Waals surface area contributed by atoms with Crippen LogP contribution in [0.15, 0.2) is 76.5 Å². The minimum atomic E-state index is -0.548. The molecule has 0 aromatic heterocycles. The first kappa shape index (κ1) is 21.0. The van der Waals surface area contributed by atoms with Crippen LogP contribution in [-0.2, 0) is 4.79 Å². The van der Waals surface area contributed by atoms with Crippen molar-refractivity contribution in [3.63, 3.8) is 0 Å². The fourth-order valence-electron chi connectivity index (χ4n) is 3.35. The van der Waals surface area contributed by atoms with Gasteiger partial charge in [0.1, 0.15) is 5.75 Å². The van der Waals surface area contributed by atoms with E-state index in [9.17, 15) is 10.1 Å². The number of allylic oxidation sites excluding steroid dienone is 2. The molecule has 3 rings (SSSR count). The number of anilines is 1. The molecule has 0 radical (unpaired) electrons. The number of carbonyl (C=O) groups excluding carboxylic acids is 1. The quantitative estimate of drug-likeness (QED) is 0.729. The van der Waals surface area contributed by atoms with Gasteiger partial charge in [-0.3, -0.25) is 4.79 Å². The highest BCUT2D eigenvalue weighted by atomic mass is 32.2. The molecule has 0 fully saturated rings. The lowest BCUT2D eigenvalue weighted by Crippen LogP contribution is -2.30. The maximum absolute atomic E-state index is 13.4. The maximum Gasteiger partial charge on any atom is 0.254 e. The zero-order valence-corrected chi connectivity index (χ0v) is 17.4. The topological polar surface area (TPSA) is 97.9 Å². The summed E-state index contributed by atoms with van der Waals surface area (Å²) in [7, 11) is 1.54. The number of thioether (sulfide) groups is 1. The third-order valence-corrected chi connectivity index (χ3v) is 5.55. The van der Waals surface area contributed by atoms with Crippen LogP contribution in [0.5, 0.6) is 5.75 Å². The molecule has 0 saturated carbocycles. The van der Waals surface area contributed by atoms with Crippen molar-refractivity contribution in [1.29, 1.82) is 10.5 Å². The molecule has 2 N–H and O–H groups in total. The molecule has 1 aliphatic rings. The van der Waals surface area contributed by atoms with E-state index in [1.54, 1.807) is 26.2 Å². The Morgan fingerprint density at radius 2 is 1.87 bits per heavy atom. The fraction of sp³-hybridized carbons (Fsp3) is 0.174. The third-order valence-electron chi connectivity index (χ3n) is 4.66. The van der Waals surface area contributed by atoms with E-state index in [4.69, 9.17) is 10.00 Å². The second kappa shape index (κ2) is 9.69. The Kier molecular flexibility index (Phi) is 6.79. The predicted molar refractivity (Wildman–Crippen MR) is 117 cm³/mol. The molecule has 6 nitrogen and oxygen atoms in total. The fourth-order valence-corrected chi connectivity index (χ4v) is 4.10. The normalized spacial score (nSPS) is 15.7. The number of nitrogens with zero attached hydrogens (tertiary/aromatic N) is 2. The van der Waals surface area contributed by atoms with Gasteiger partial charge < -0.3 is 15.4 Å². The van der Waals surface area contributed by atoms with Crippen LogP contribution in [0.4, 0.5) is 5.69 Å². The molecule has 0 saturated heterocycles. The Bertz CT molecular complexity index is 1090. The first-order chi connectivity index (χ1) is 14.6. The van der Waals surface area contributed by atoms with Crippen LogP contribution < -0.4 is 15.4 Å². The van der Waals surface area contributed by atoms with Crippen LogP contribution in [0.1, 0.15) is 18.4 Å². The van der Waals surface area contributed by atoms with E-state index < -0.39 is 5.92 Å². The monoisotopic (exact) mass is 416 g/mol. The summed E-state index contributed by atoms with van der Waals surface area (Å²) in [5.74, 6) is -0.125. The molecule has 150 valence electrons. The average molecular weight is 417 g/mol. The molecule has 1 unspecified atom stereocenters. The van der Waals surface area contributed by atoms with E-state index in [1.165, 1.54) is 11.8 Å². The smallest absolute Gasteiger partial charge is 0.254 e. The van der Waals surface area contributed by atoms with Gasteiger partial charge in [0.2, 0.25) is 0 Å². The molecule has 0 aliphatic carbocycles. The molecule has 1 atom stereocenters. The van der Waals surface area contributed by atoms with Crippen LogP contribution >= 0.6 is 11.8 Å². The van der Waals surface area contributed by atoms with Crippen molar-refractivity contribution in [2.45, 2.75) is 12.8 Å². The van der Waals surface area contributed by atoms with Gasteiger partial charge in [-0.2, -0.15) is 10.5 Å². The number of methoxy groups -OCH3 is 1. The van der Waals surface area contributed by atoms with Crippen molar-refractivity contribution in [1.82, 2.24) is 5.32 Å². The minimum Gasteiger partial charge on any atom is -0.495 e. The molecule has 30 heavy (non-hydrogen) atoms. The van der Waals surface area contributed by atoms with Gasteiger partial charge in [0.15, 0.2) is 0 Å². The molecule has 2 aromatic rings. The van der Waals surface area contributed by atoms with E-state index in [0.29, 0.717) is 33.3 Å². The van der Waals surface area contributed by atoms with Gasteiger partial charge >= 0.3 is 0 Å². The average Bonchev–Trinajstić information content (AvgIpc) is 2.77. The second-order valence-corrected chi connectivity index (χ2v) is 7.45. The van der Waals surface area contributed by atoms with Crippen molar-refractivity contribution in [3.8, 4) is 17.9 Å². The molecule has 1 aliphatic heterocycles. The van der Waals surface area contributed by atoms with Gasteiger partial charge in [0.25, 0.3) is 5.91 Å². The van der Waals surface area contributed by atoms with Crippen LogP contribution in [0.25, 0.3) is 0 Å². The Balaban J connectivity index is 2.06. The van der Waals surface area contributed by atoms with E-state index in [0.717, 1.165) is 5.56 Å². The van der Waals surface area contributed by atoms with Crippen LogP contribution in [0.2, 0.25) is 0 Å². The molecule has 1 heterocycles. The number of hydrogen-bond donors (Lipinski definition) is 2. The molecular weight excluding hydrogens is 396 g/mol. The maximum atomic E-state index is 13.4. The summed E-state index contributed by atoms with van der Waals surface area (Å²) >= 11 is 1.26. The summed E-state index contributed by atoms with van der Waals surface area (Å²) in [4.78, 5) is 13.4. The summed E-state index contributed by atoms with van der Waals surface area (Å²) in [6.07, 6.45) is 0. The SMILES string of the molecule is COc1ccccc1NC(=O)C1=C(C)NC(SCC#N)=C(C#N)C1c1ccccc1. The van der Waals surface area contributed by atoms with Gasteiger partial charge in [-0.25, -0.2) is 0 Å². The van der Waals surface area contributed by atoms with Crippen molar-refractivity contribution in [2.75, 3.05) is 18.2 Å². The zero-order chi connectivity index (χ0) is 21.5. The Labute approximate surface area is 179 Å². The van der Waals surface area contributed by atoms with Crippen molar-refractivity contribution >= 4 is 23.4 Å². The standard InChI is InChI=1S/C23H20N4O2S/c1-15-20(22(28)27-18-10-6-7-11-19(18)29-2)21(16-8-4-3-5-9-16)17(14-25)23(26-15)30-13-12-24/h3-11,21,26H,13H2,1-2H3,(H,27,28). The largest absolute Gasteiger partial charge is 0.495 e. The van der Waals surface area contributed by atoms with Crippen molar-refractivity contribution in [3.05, 3.63) is 82.0 Å². The molecule has 7 heteroatoms. The number of carbonyl (C=O) groups is 1. The third kappa shape index (κ3) is 4.32. The lowest BCUT2D eigenvalue weighted by Gasteiger charge is -2.29. The molecule has 0 spiro atoms. The van der Waals surface area contributed by atoms with Gasteiger partial charge in [-0.1, -0.05) is 54.2 Å². The highest BCUT2D eigenvalue weighted by molar-refractivity contribution is 8.03. The molecule has 2 aromatic carbocycles.